The molecule has 12 heteroatoms. The van der Waals surface area contributed by atoms with Crippen LogP contribution in [0.5, 0.6) is 11.5 Å². The van der Waals surface area contributed by atoms with Gasteiger partial charge in [0.25, 0.3) is 5.91 Å². The number of carbonyl (C=O) groups is 2. The molecule has 41 heavy (non-hydrogen) atoms. The minimum absolute atomic E-state index is 0.226. The molecule has 1 amide bonds. The van der Waals surface area contributed by atoms with Gasteiger partial charge in [-0.25, -0.2) is 15.2 Å². The van der Waals surface area contributed by atoms with Crippen molar-refractivity contribution < 1.29 is 23.8 Å². The molecule has 0 bridgehead atoms. The highest BCUT2D eigenvalue weighted by Gasteiger charge is 2.14. The first-order valence-electron chi connectivity index (χ1n) is 12.5. The number of thiazole rings is 1. The second-order valence-corrected chi connectivity index (χ2v) is 10.8. The molecular formula is C29H26ClIN4O5S. The molecule has 0 aliphatic heterocycles. The number of nitrogens with zero attached hydrogens (tertiary/aromatic N) is 2. The lowest BCUT2D eigenvalue weighted by atomic mass is 10.1. The number of anilines is 2. The number of carbonyl (C=O) groups excluding carboxylic acids is 2. The first-order chi connectivity index (χ1) is 19.9. The summed E-state index contributed by atoms with van der Waals surface area (Å²) >= 11 is 9.52. The van der Waals surface area contributed by atoms with Gasteiger partial charge in [0, 0.05) is 27.2 Å². The predicted molar refractivity (Wildman–Crippen MR) is 170 cm³/mol. The van der Waals surface area contributed by atoms with Gasteiger partial charge in [0.2, 0.25) is 0 Å². The number of hydrogen-bond acceptors (Lipinski definition) is 9. The average molecular weight is 705 g/mol. The van der Waals surface area contributed by atoms with Crippen LogP contribution in [0.1, 0.15) is 29.8 Å². The molecule has 0 spiro atoms. The molecule has 9 nitrogen and oxygen atoms in total. The van der Waals surface area contributed by atoms with Crippen LogP contribution in [0.4, 0.5) is 10.8 Å². The largest absolute Gasteiger partial charge is 0.490 e. The summed E-state index contributed by atoms with van der Waals surface area (Å²) in [6, 6.07) is 18.0. The van der Waals surface area contributed by atoms with Gasteiger partial charge < -0.3 is 19.5 Å². The van der Waals surface area contributed by atoms with Crippen molar-refractivity contribution >= 4 is 74.4 Å². The number of esters is 1. The number of hydrazone groups is 1. The molecule has 0 aliphatic carbocycles. The standard InChI is InChI=1S/C29H26ClIN4O5S/c1-3-38-25-14-18(13-23(31)27(25)40-16-26(36)39-4-2)15-32-35-28(37)20-7-5-19(6-8-20)24-17-41-29(34-24)33-22-11-9-21(30)10-12-22/h5-15,17H,3-4,16H2,1-2H3,(H,33,34)(H,35,37)/b32-15-. The Morgan fingerprint density at radius 3 is 2.51 bits per heavy atom. The maximum Gasteiger partial charge on any atom is 0.344 e. The number of aromatic nitrogens is 1. The highest BCUT2D eigenvalue weighted by molar-refractivity contribution is 14.1. The van der Waals surface area contributed by atoms with E-state index in [2.05, 4.69) is 43.4 Å². The number of benzene rings is 3. The van der Waals surface area contributed by atoms with Crippen molar-refractivity contribution in [3.63, 3.8) is 0 Å². The molecule has 2 N–H and O–H groups in total. The van der Waals surface area contributed by atoms with E-state index in [0.29, 0.717) is 34.3 Å². The first kappa shape index (κ1) is 30.3. The third kappa shape index (κ3) is 8.65. The van der Waals surface area contributed by atoms with Crippen molar-refractivity contribution in [2.75, 3.05) is 25.1 Å². The fourth-order valence-electron chi connectivity index (χ4n) is 3.54. The Kier molecular flexibility index (Phi) is 10.9. The van der Waals surface area contributed by atoms with Crippen LogP contribution < -0.4 is 20.2 Å². The molecule has 1 heterocycles. The number of hydrogen-bond donors (Lipinski definition) is 2. The lowest BCUT2D eigenvalue weighted by Gasteiger charge is -2.14. The number of amides is 1. The summed E-state index contributed by atoms with van der Waals surface area (Å²) in [5.74, 6) is 0.0790. The van der Waals surface area contributed by atoms with Crippen molar-refractivity contribution in [1.82, 2.24) is 10.4 Å². The van der Waals surface area contributed by atoms with Gasteiger partial charge in [0.15, 0.2) is 23.2 Å². The van der Waals surface area contributed by atoms with E-state index in [9.17, 15) is 9.59 Å². The molecule has 0 saturated carbocycles. The normalized spacial score (nSPS) is 10.8. The van der Waals surface area contributed by atoms with Crippen LogP contribution in [-0.2, 0) is 9.53 Å². The molecule has 0 fully saturated rings. The van der Waals surface area contributed by atoms with Crippen molar-refractivity contribution in [3.8, 4) is 22.8 Å². The van der Waals surface area contributed by atoms with E-state index in [1.54, 1.807) is 31.2 Å². The summed E-state index contributed by atoms with van der Waals surface area (Å²) in [5, 5.41) is 10.7. The number of ether oxygens (including phenoxy) is 3. The number of halogens is 2. The second kappa shape index (κ2) is 14.8. The van der Waals surface area contributed by atoms with E-state index in [1.165, 1.54) is 17.6 Å². The molecule has 0 aliphatic rings. The van der Waals surface area contributed by atoms with E-state index >= 15 is 0 Å². The number of rotatable bonds is 12. The van der Waals surface area contributed by atoms with Crippen LogP contribution in [0.15, 0.2) is 71.1 Å². The Bertz CT molecular complexity index is 1530. The fraction of sp³-hybridized carbons (Fsp3) is 0.172. The molecule has 0 saturated heterocycles. The van der Waals surface area contributed by atoms with E-state index in [4.69, 9.17) is 25.8 Å². The SMILES string of the molecule is CCOC(=O)COc1c(I)cc(/C=N\NC(=O)c2ccc(-c3csc(Nc4ccc(Cl)cc4)n3)cc2)cc1OCC. The van der Waals surface area contributed by atoms with Crippen molar-refractivity contribution in [2.24, 2.45) is 5.10 Å². The average Bonchev–Trinajstić information content (AvgIpc) is 3.43. The van der Waals surface area contributed by atoms with Crippen molar-refractivity contribution in [3.05, 3.63) is 85.8 Å². The Morgan fingerprint density at radius 2 is 1.80 bits per heavy atom. The molecule has 1 aromatic heterocycles. The third-order valence-corrected chi connectivity index (χ3v) is 7.20. The molecule has 0 unspecified atom stereocenters. The Balaban J connectivity index is 1.36. The van der Waals surface area contributed by atoms with Gasteiger partial charge in [-0.1, -0.05) is 23.7 Å². The molecule has 4 aromatic rings. The van der Waals surface area contributed by atoms with Gasteiger partial charge in [-0.3, -0.25) is 4.79 Å². The van der Waals surface area contributed by atoms with E-state index in [1.807, 2.05) is 48.7 Å². The summed E-state index contributed by atoms with van der Waals surface area (Å²) in [5.41, 5.74) is 6.25. The summed E-state index contributed by atoms with van der Waals surface area (Å²) in [6.07, 6.45) is 1.51. The lowest BCUT2D eigenvalue weighted by molar-refractivity contribution is -0.145. The van der Waals surface area contributed by atoms with E-state index < -0.39 is 5.97 Å². The van der Waals surface area contributed by atoms with Crippen LogP contribution in [-0.4, -0.2) is 42.9 Å². The van der Waals surface area contributed by atoms with Gasteiger partial charge >= 0.3 is 5.97 Å². The molecule has 0 atom stereocenters. The van der Waals surface area contributed by atoms with Crippen LogP contribution in [0.3, 0.4) is 0 Å². The van der Waals surface area contributed by atoms with Crippen molar-refractivity contribution in [1.29, 1.82) is 0 Å². The van der Waals surface area contributed by atoms with Gasteiger partial charge in [-0.15, -0.1) is 11.3 Å². The predicted octanol–water partition coefficient (Wildman–Crippen LogP) is 6.92. The summed E-state index contributed by atoms with van der Waals surface area (Å²) < 4.78 is 16.9. The molecule has 0 radical (unpaired) electrons. The van der Waals surface area contributed by atoms with Gasteiger partial charge in [-0.2, -0.15) is 5.10 Å². The summed E-state index contributed by atoms with van der Waals surface area (Å²) in [7, 11) is 0. The Hall–Kier alpha value is -3.68. The quantitative estimate of drug-likeness (QED) is 0.0714. The van der Waals surface area contributed by atoms with Crippen LogP contribution in [0.2, 0.25) is 5.02 Å². The highest BCUT2D eigenvalue weighted by Crippen LogP contribution is 2.34. The van der Waals surface area contributed by atoms with E-state index in [-0.39, 0.29) is 19.1 Å². The van der Waals surface area contributed by atoms with E-state index in [0.717, 1.165) is 25.6 Å². The maximum atomic E-state index is 12.7. The smallest absolute Gasteiger partial charge is 0.344 e. The maximum absolute atomic E-state index is 12.7. The summed E-state index contributed by atoms with van der Waals surface area (Å²) in [6.45, 7) is 4.03. The van der Waals surface area contributed by atoms with Crippen LogP contribution in [0.25, 0.3) is 11.3 Å². The molecule has 4 rings (SSSR count). The first-order valence-corrected chi connectivity index (χ1v) is 14.9. The minimum atomic E-state index is -0.463. The zero-order valence-corrected chi connectivity index (χ0v) is 25.9. The summed E-state index contributed by atoms with van der Waals surface area (Å²) in [4.78, 5) is 29.0. The van der Waals surface area contributed by atoms with Gasteiger partial charge in [-0.05, 0) is 90.5 Å². The number of nitrogens with one attached hydrogen (secondary N) is 2. The Labute approximate surface area is 260 Å². The highest BCUT2D eigenvalue weighted by atomic mass is 127. The molecular weight excluding hydrogens is 679 g/mol. The molecule has 3 aromatic carbocycles. The zero-order chi connectivity index (χ0) is 29.2. The second-order valence-electron chi connectivity index (χ2n) is 8.30. The topological polar surface area (TPSA) is 111 Å². The minimum Gasteiger partial charge on any atom is -0.490 e. The monoisotopic (exact) mass is 704 g/mol. The Morgan fingerprint density at radius 1 is 1.05 bits per heavy atom. The van der Waals surface area contributed by atoms with Gasteiger partial charge in [0.1, 0.15) is 0 Å². The molecule has 212 valence electrons. The van der Waals surface area contributed by atoms with Crippen LogP contribution >= 0.6 is 45.5 Å². The zero-order valence-electron chi connectivity index (χ0n) is 22.1. The van der Waals surface area contributed by atoms with Crippen molar-refractivity contribution in [2.45, 2.75) is 13.8 Å². The fourth-order valence-corrected chi connectivity index (χ4v) is 5.19. The van der Waals surface area contributed by atoms with Crippen LogP contribution in [0, 0.1) is 3.57 Å². The van der Waals surface area contributed by atoms with Gasteiger partial charge in [0.05, 0.1) is 28.7 Å². The third-order valence-electron chi connectivity index (χ3n) is 5.39. The lowest BCUT2D eigenvalue weighted by Crippen LogP contribution is -2.17.